The van der Waals surface area contributed by atoms with Crippen LogP contribution in [0.5, 0.6) is 0 Å². The molecule has 0 bridgehead atoms. The van der Waals surface area contributed by atoms with Crippen molar-refractivity contribution in [1.82, 2.24) is 0 Å². The molecular formula is C10H13NO3S. The van der Waals surface area contributed by atoms with E-state index in [0.29, 0.717) is 16.0 Å². The molecule has 0 aromatic heterocycles. The van der Waals surface area contributed by atoms with Gasteiger partial charge in [0.1, 0.15) is 0 Å². The maximum atomic E-state index is 11.7. The van der Waals surface area contributed by atoms with E-state index in [0.717, 1.165) is 0 Å². The average Bonchev–Trinajstić information content (AvgIpc) is 2.21. The van der Waals surface area contributed by atoms with Crippen LogP contribution in [-0.2, 0) is 9.84 Å². The molecule has 1 N–H and O–H groups in total. The van der Waals surface area contributed by atoms with Crippen LogP contribution >= 0.6 is 0 Å². The minimum atomic E-state index is -3.21. The van der Waals surface area contributed by atoms with Crippen molar-refractivity contribution in [2.75, 3.05) is 5.75 Å². The van der Waals surface area contributed by atoms with Gasteiger partial charge in [0, 0.05) is 0 Å². The molecule has 1 rings (SSSR count). The molecule has 82 valence electrons. The van der Waals surface area contributed by atoms with Crippen molar-refractivity contribution in [3.63, 3.8) is 0 Å². The van der Waals surface area contributed by atoms with E-state index in [1.165, 1.54) is 12.3 Å². The average molecular weight is 227 g/mol. The van der Waals surface area contributed by atoms with Crippen LogP contribution in [-0.4, -0.2) is 25.6 Å². The zero-order valence-corrected chi connectivity index (χ0v) is 9.45. The zero-order chi connectivity index (χ0) is 11.5. The Morgan fingerprint density at radius 1 is 1.47 bits per heavy atom. The van der Waals surface area contributed by atoms with Gasteiger partial charge in [0.2, 0.25) is 0 Å². The standard InChI is InChI=1S/C10H13NO3S/c1-3-15(13,14)10-6-9(7-11-12)5-4-8(10)2/h4-7,12H,3H2,1-2H3/b11-7+. The molecule has 0 atom stereocenters. The number of rotatable bonds is 3. The highest BCUT2D eigenvalue weighted by molar-refractivity contribution is 7.91. The van der Waals surface area contributed by atoms with Crippen molar-refractivity contribution >= 4 is 16.1 Å². The predicted octanol–water partition coefficient (Wildman–Crippen LogP) is 1.60. The van der Waals surface area contributed by atoms with Gasteiger partial charge in [-0.25, -0.2) is 8.42 Å². The highest BCUT2D eigenvalue weighted by Gasteiger charge is 2.14. The SMILES string of the molecule is CCS(=O)(=O)c1cc(/C=N/O)ccc1C. The van der Waals surface area contributed by atoms with Gasteiger partial charge in [-0.2, -0.15) is 0 Å². The first-order valence-corrected chi connectivity index (χ1v) is 6.17. The fourth-order valence-corrected chi connectivity index (χ4v) is 2.44. The molecule has 5 heteroatoms. The van der Waals surface area contributed by atoms with Crippen molar-refractivity contribution < 1.29 is 13.6 Å². The summed E-state index contributed by atoms with van der Waals surface area (Å²) in [6.07, 6.45) is 1.20. The Morgan fingerprint density at radius 2 is 2.13 bits per heavy atom. The lowest BCUT2D eigenvalue weighted by Crippen LogP contribution is -2.06. The lowest BCUT2D eigenvalue weighted by molar-refractivity contribution is 0.322. The minimum Gasteiger partial charge on any atom is -0.411 e. The molecule has 15 heavy (non-hydrogen) atoms. The third-order valence-corrected chi connectivity index (χ3v) is 4.00. The Balaban J connectivity index is 3.35. The molecule has 0 aliphatic rings. The minimum absolute atomic E-state index is 0.0631. The van der Waals surface area contributed by atoms with Gasteiger partial charge in [-0.3, -0.25) is 0 Å². The predicted molar refractivity (Wildman–Crippen MR) is 58.3 cm³/mol. The van der Waals surface area contributed by atoms with Crippen molar-refractivity contribution in [3.8, 4) is 0 Å². The number of oxime groups is 1. The molecule has 0 saturated heterocycles. The third kappa shape index (κ3) is 2.56. The van der Waals surface area contributed by atoms with Gasteiger partial charge >= 0.3 is 0 Å². The summed E-state index contributed by atoms with van der Waals surface area (Å²) in [5.41, 5.74) is 1.27. The van der Waals surface area contributed by atoms with Crippen molar-refractivity contribution in [3.05, 3.63) is 29.3 Å². The van der Waals surface area contributed by atoms with E-state index in [2.05, 4.69) is 5.16 Å². The first kappa shape index (κ1) is 11.7. The second-order valence-corrected chi connectivity index (χ2v) is 5.42. The Bertz CT molecular complexity index is 477. The molecule has 0 amide bonds. The first-order valence-electron chi connectivity index (χ1n) is 4.52. The number of sulfone groups is 1. The number of aryl methyl sites for hydroxylation is 1. The molecule has 0 radical (unpaired) electrons. The summed E-state index contributed by atoms with van der Waals surface area (Å²) in [4.78, 5) is 0.294. The molecule has 0 heterocycles. The quantitative estimate of drug-likeness (QED) is 0.484. The van der Waals surface area contributed by atoms with Gasteiger partial charge in [0.15, 0.2) is 9.84 Å². The van der Waals surface area contributed by atoms with Crippen molar-refractivity contribution in [1.29, 1.82) is 0 Å². The fraction of sp³-hybridized carbons (Fsp3) is 0.300. The molecular weight excluding hydrogens is 214 g/mol. The first-order chi connectivity index (χ1) is 7.01. The summed E-state index contributed by atoms with van der Waals surface area (Å²) in [6.45, 7) is 3.34. The highest BCUT2D eigenvalue weighted by Crippen LogP contribution is 2.17. The Morgan fingerprint density at radius 3 is 2.67 bits per heavy atom. The van der Waals surface area contributed by atoms with E-state index < -0.39 is 9.84 Å². The number of hydrogen-bond donors (Lipinski definition) is 1. The second kappa shape index (κ2) is 4.44. The van der Waals surface area contributed by atoms with E-state index in [1.54, 1.807) is 26.0 Å². The Labute approximate surface area is 89.2 Å². The molecule has 0 spiro atoms. The third-order valence-electron chi connectivity index (χ3n) is 2.13. The van der Waals surface area contributed by atoms with Gasteiger partial charge in [-0.1, -0.05) is 24.2 Å². The summed E-state index contributed by atoms with van der Waals surface area (Å²) in [7, 11) is -3.21. The lowest BCUT2D eigenvalue weighted by Gasteiger charge is -2.06. The van der Waals surface area contributed by atoms with E-state index in [4.69, 9.17) is 5.21 Å². The van der Waals surface area contributed by atoms with Crippen LogP contribution in [0.1, 0.15) is 18.1 Å². The monoisotopic (exact) mass is 227 g/mol. The number of hydrogen-bond acceptors (Lipinski definition) is 4. The number of benzene rings is 1. The second-order valence-electron chi connectivity index (χ2n) is 3.17. The highest BCUT2D eigenvalue weighted by atomic mass is 32.2. The fourth-order valence-electron chi connectivity index (χ4n) is 1.25. The smallest absolute Gasteiger partial charge is 0.178 e. The van der Waals surface area contributed by atoms with E-state index in [-0.39, 0.29) is 5.75 Å². The molecule has 1 aromatic carbocycles. The summed E-state index contributed by atoms with van der Waals surface area (Å²) in [6, 6.07) is 4.90. The van der Waals surface area contributed by atoms with Crippen LogP contribution in [0.25, 0.3) is 0 Å². The van der Waals surface area contributed by atoms with Crippen LogP contribution < -0.4 is 0 Å². The molecule has 0 unspecified atom stereocenters. The van der Waals surface area contributed by atoms with Crippen LogP contribution in [0.4, 0.5) is 0 Å². The van der Waals surface area contributed by atoms with E-state index >= 15 is 0 Å². The lowest BCUT2D eigenvalue weighted by atomic mass is 10.2. The largest absolute Gasteiger partial charge is 0.411 e. The summed E-state index contributed by atoms with van der Waals surface area (Å²) in [5, 5.41) is 11.2. The molecule has 0 saturated carbocycles. The molecule has 4 nitrogen and oxygen atoms in total. The van der Waals surface area contributed by atoms with Gasteiger partial charge in [-0.15, -0.1) is 0 Å². The van der Waals surface area contributed by atoms with Crippen LogP contribution in [0.2, 0.25) is 0 Å². The van der Waals surface area contributed by atoms with Gasteiger partial charge in [0.05, 0.1) is 16.9 Å². The molecule has 1 aromatic rings. The van der Waals surface area contributed by atoms with Crippen LogP contribution in [0.3, 0.4) is 0 Å². The van der Waals surface area contributed by atoms with Gasteiger partial charge < -0.3 is 5.21 Å². The van der Waals surface area contributed by atoms with Crippen LogP contribution in [0.15, 0.2) is 28.3 Å². The van der Waals surface area contributed by atoms with Gasteiger partial charge in [0.25, 0.3) is 0 Å². The van der Waals surface area contributed by atoms with Crippen molar-refractivity contribution in [2.24, 2.45) is 5.16 Å². The zero-order valence-electron chi connectivity index (χ0n) is 8.64. The maximum Gasteiger partial charge on any atom is 0.178 e. The Hall–Kier alpha value is -1.36. The summed E-state index contributed by atoms with van der Waals surface area (Å²) in [5.74, 6) is 0.0631. The summed E-state index contributed by atoms with van der Waals surface area (Å²) < 4.78 is 23.3. The summed E-state index contributed by atoms with van der Waals surface area (Å²) >= 11 is 0. The topological polar surface area (TPSA) is 66.7 Å². The molecule has 0 aliphatic carbocycles. The number of nitrogens with zero attached hydrogens (tertiary/aromatic N) is 1. The van der Waals surface area contributed by atoms with E-state index in [9.17, 15) is 8.42 Å². The molecule has 0 fully saturated rings. The normalized spacial score (nSPS) is 12.1. The van der Waals surface area contributed by atoms with Crippen LogP contribution in [0, 0.1) is 6.92 Å². The molecule has 0 aliphatic heterocycles. The Kier molecular flexibility index (Phi) is 3.47. The van der Waals surface area contributed by atoms with Crippen molar-refractivity contribution in [2.45, 2.75) is 18.7 Å². The van der Waals surface area contributed by atoms with Gasteiger partial charge in [-0.05, 0) is 24.1 Å². The maximum absolute atomic E-state index is 11.7. The van der Waals surface area contributed by atoms with E-state index in [1.807, 2.05) is 0 Å².